The Morgan fingerprint density at radius 1 is 1.20 bits per heavy atom. The van der Waals surface area contributed by atoms with Crippen LogP contribution in [0.5, 0.6) is 5.75 Å². The number of ether oxygens (including phenoxy) is 1. The molecule has 3 aromatic rings. The molecule has 3 rings (SSSR count). The number of carbonyl (C=O) groups is 1. The van der Waals surface area contributed by atoms with E-state index >= 15 is 0 Å². The number of hydrogen-bond acceptors (Lipinski definition) is 5. The second-order valence-corrected chi connectivity index (χ2v) is 6.06. The molecule has 0 saturated carbocycles. The van der Waals surface area contributed by atoms with Gasteiger partial charge in [0.15, 0.2) is 0 Å². The number of amides is 1. The second kappa shape index (κ2) is 8.21. The summed E-state index contributed by atoms with van der Waals surface area (Å²) in [6.45, 7) is 4.54. The first kappa shape index (κ1) is 16.9. The van der Waals surface area contributed by atoms with Crippen molar-refractivity contribution in [2.24, 2.45) is 0 Å². The summed E-state index contributed by atoms with van der Waals surface area (Å²) in [6.07, 6.45) is 5.10. The minimum atomic E-state index is -0.190. The summed E-state index contributed by atoms with van der Waals surface area (Å²) in [4.78, 5) is 20.6. The summed E-state index contributed by atoms with van der Waals surface area (Å²) in [5.74, 6) is 0.584. The SMILES string of the molecule is C=CCOc1ccc(-c2nc(C(=O)NCc3ccncc3)cs2)cc1. The van der Waals surface area contributed by atoms with Gasteiger partial charge in [-0.15, -0.1) is 11.3 Å². The van der Waals surface area contributed by atoms with E-state index < -0.39 is 0 Å². The molecule has 2 aromatic heterocycles. The molecule has 2 heterocycles. The van der Waals surface area contributed by atoms with Gasteiger partial charge in [0, 0.05) is 29.9 Å². The molecule has 5 nitrogen and oxygen atoms in total. The Hall–Kier alpha value is -2.99. The number of nitrogens with zero attached hydrogens (tertiary/aromatic N) is 2. The topological polar surface area (TPSA) is 64.1 Å². The molecule has 6 heteroatoms. The van der Waals surface area contributed by atoms with Crippen molar-refractivity contribution in [2.75, 3.05) is 6.61 Å². The van der Waals surface area contributed by atoms with Gasteiger partial charge in [-0.3, -0.25) is 9.78 Å². The van der Waals surface area contributed by atoms with Gasteiger partial charge in [-0.2, -0.15) is 0 Å². The lowest BCUT2D eigenvalue weighted by Gasteiger charge is -2.04. The lowest BCUT2D eigenvalue weighted by molar-refractivity contribution is 0.0946. The number of nitrogens with one attached hydrogen (secondary N) is 1. The minimum absolute atomic E-state index is 0.190. The van der Waals surface area contributed by atoms with Crippen LogP contribution in [-0.4, -0.2) is 22.5 Å². The van der Waals surface area contributed by atoms with Crippen LogP contribution in [0.2, 0.25) is 0 Å². The molecule has 0 aliphatic rings. The van der Waals surface area contributed by atoms with E-state index in [1.165, 1.54) is 11.3 Å². The predicted molar refractivity (Wildman–Crippen MR) is 98.6 cm³/mol. The smallest absolute Gasteiger partial charge is 0.271 e. The first-order chi connectivity index (χ1) is 12.3. The van der Waals surface area contributed by atoms with E-state index in [1.54, 1.807) is 23.8 Å². The highest BCUT2D eigenvalue weighted by molar-refractivity contribution is 7.13. The predicted octanol–water partition coefficient (Wildman–Crippen LogP) is 3.70. The third-order valence-electron chi connectivity index (χ3n) is 3.41. The van der Waals surface area contributed by atoms with Crippen molar-refractivity contribution in [3.05, 3.63) is 78.1 Å². The third kappa shape index (κ3) is 4.51. The van der Waals surface area contributed by atoms with Gasteiger partial charge < -0.3 is 10.1 Å². The fourth-order valence-corrected chi connectivity index (χ4v) is 2.94. The zero-order chi connectivity index (χ0) is 17.5. The fourth-order valence-electron chi connectivity index (χ4n) is 2.13. The van der Waals surface area contributed by atoms with Crippen LogP contribution in [0.4, 0.5) is 0 Å². The first-order valence-electron chi connectivity index (χ1n) is 7.73. The lowest BCUT2D eigenvalue weighted by Crippen LogP contribution is -2.23. The van der Waals surface area contributed by atoms with Crippen molar-refractivity contribution in [3.8, 4) is 16.3 Å². The highest BCUT2D eigenvalue weighted by atomic mass is 32.1. The lowest BCUT2D eigenvalue weighted by atomic mass is 10.2. The molecule has 0 radical (unpaired) electrons. The zero-order valence-corrected chi connectivity index (χ0v) is 14.3. The number of rotatable bonds is 7. The van der Waals surface area contributed by atoms with Gasteiger partial charge in [0.2, 0.25) is 0 Å². The van der Waals surface area contributed by atoms with Gasteiger partial charge in [0.05, 0.1) is 0 Å². The second-order valence-electron chi connectivity index (χ2n) is 5.20. The quantitative estimate of drug-likeness (QED) is 0.659. The van der Waals surface area contributed by atoms with E-state index in [0.29, 0.717) is 18.8 Å². The van der Waals surface area contributed by atoms with Crippen molar-refractivity contribution in [2.45, 2.75) is 6.54 Å². The molecule has 25 heavy (non-hydrogen) atoms. The fraction of sp³-hybridized carbons (Fsp3) is 0.105. The Labute approximate surface area is 150 Å². The molecule has 0 saturated heterocycles. The van der Waals surface area contributed by atoms with Gasteiger partial charge in [-0.25, -0.2) is 4.98 Å². The van der Waals surface area contributed by atoms with Crippen LogP contribution >= 0.6 is 11.3 Å². The molecule has 0 spiro atoms. The largest absolute Gasteiger partial charge is 0.490 e. The molecular weight excluding hydrogens is 334 g/mol. The van der Waals surface area contributed by atoms with Crippen LogP contribution in [0, 0.1) is 0 Å². The van der Waals surface area contributed by atoms with Gasteiger partial charge in [-0.05, 0) is 42.0 Å². The first-order valence-corrected chi connectivity index (χ1v) is 8.61. The van der Waals surface area contributed by atoms with Crippen LogP contribution in [0.1, 0.15) is 16.1 Å². The maximum absolute atomic E-state index is 12.2. The maximum Gasteiger partial charge on any atom is 0.271 e. The molecular formula is C19H17N3O2S. The summed E-state index contributed by atoms with van der Waals surface area (Å²) in [6, 6.07) is 11.3. The van der Waals surface area contributed by atoms with Crippen LogP contribution in [0.15, 0.2) is 66.8 Å². The molecule has 126 valence electrons. The minimum Gasteiger partial charge on any atom is -0.490 e. The van der Waals surface area contributed by atoms with Crippen LogP contribution < -0.4 is 10.1 Å². The molecule has 1 amide bonds. The number of hydrogen-bond donors (Lipinski definition) is 1. The third-order valence-corrected chi connectivity index (χ3v) is 4.30. The van der Waals surface area contributed by atoms with Gasteiger partial charge in [-0.1, -0.05) is 12.7 Å². The molecule has 1 aromatic carbocycles. The molecule has 0 unspecified atom stereocenters. The average Bonchev–Trinajstić information content (AvgIpc) is 3.16. The zero-order valence-electron chi connectivity index (χ0n) is 13.5. The van der Waals surface area contributed by atoms with E-state index in [2.05, 4.69) is 21.9 Å². The number of aromatic nitrogens is 2. The molecule has 0 aliphatic carbocycles. The van der Waals surface area contributed by atoms with Crippen molar-refractivity contribution in [1.82, 2.24) is 15.3 Å². The van der Waals surface area contributed by atoms with E-state index in [9.17, 15) is 4.79 Å². The van der Waals surface area contributed by atoms with E-state index in [0.717, 1.165) is 21.9 Å². The normalized spacial score (nSPS) is 10.2. The van der Waals surface area contributed by atoms with E-state index in [-0.39, 0.29) is 5.91 Å². The van der Waals surface area contributed by atoms with Gasteiger partial charge in [0.1, 0.15) is 23.1 Å². The molecule has 0 atom stereocenters. The average molecular weight is 351 g/mol. The Morgan fingerprint density at radius 3 is 2.68 bits per heavy atom. The highest BCUT2D eigenvalue weighted by Crippen LogP contribution is 2.25. The Bertz CT molecular complexity index is 845. The standard InChI is InChI=1S/C19H17N3O2S/c1-2-11-24-16-5-3-15(4-6-16)19-22-17(13-25-19)18(23)21-12-14-7-9-20-10-8-14/h2-10,13H,1,11-12H2,(H,21,23). The molecule has 1 N–H and O–H groups in total. The summed E-state index contributed by atoms with van der Waals surface area (Å²) < 4.78 is 5.46. The summed E-state index contributed by atoms with van der Waals surface area (Å²) in [7, 11) is 0. The number of carbonyl (C=O) groups excluding carboxylic acids is 1. The Kier molecular flexibility index (Phi) is 5.53. The van der Waals surface area contributed by atoms with Gasteiger partial charge in [0.25, 0.3) is 5.91 Å². The monoisotopic (exact) mass is 351 g/mol. The van der Waals surface area contributed by atoms with Crippen LogP contribution in [0.25, 0.3) is 10.6 Å². The van der Waals surface area contributed by atoms with Crippen LogP contribution in [0.3, 0.4) is 0 Å². The maximum atomic E-state index is 12.2. The number of pyridine rings is 1. The van der Waals surface area contributed by atoms with Crippen molar-refractivity contribution in [3.63, 3.8) is 0 Å². The number of thiazole rings is 1. The van der Waals surface area contributed by atoms with E-state index in [4.69, 9.17) is 4.74 Å². The van der Waals surface area contributed by atoms with E-state index in [1.807, 2.05) is 36.4 Å². The Morgan fingerprint density at radius 2 is 1.96 bits per heavy atom. The van der Waals surface area contributed by atoms with Crippen molar-refractivity contribution in [1.29, 1.82) is 0 Å². The summed E-state index contributed by atoms with van der Waals surface area (Å²) >= 11 is 1.44. The van der Waals surface area contributed by atoms with Crippen LogP contribution in [-0.2, 0) is 6.54 Å². The van der Waals surface area contributed by atoms with Crippen molar-refractivity contribution >= 4 is 17.2 Å². The highest BCUT2D eigenvalue weighted by Gasteiger charge is 2.11. The summed E-state index contributed by atoms with van der Waals surface area (Å²) in [5.41, 5.74) is 2.36. The molecule has 0 aliphatic heterocycles. The Balaban J connectivity index is 1.63. The van der Waals surface area contributed by atoms with Gasteiger partial charge >= 0.3 is 0 Å². The van der Waals surface area contributed by atoms with Crippen molar-refractivity contribution < 1.29 is 9.53 Å². The summed E-state index contributed by atoms with van der Waals surface area (Å²) in [5, 5.41) is 5.42. The number of benzene rings is 1. The molecule has 0 fully saturated rings. The molecule has 0 bridgehead atoms.